The molecule has 0 bridgehead atoms. The van der Waals surface area contributed by atoms with Gasteiger partial charge in [-0.05, 0) is 18.2 Å². The molecule has 0 saturated carbocycles. The Labute approximate surface area is 100 Å². The molecule has 1 aromatic carbocycles. The molecule has 0 radical (unpaired) electrons. The molecule has 0 spiro atoms. The molecule has 0 unspecified atom stereocenters. The highest BCUT2D eigenvalue weighted by molar-refractivity contribution is 5.94. The first kappa shape index (κ1) is 14.0. The maximum atomic E-state index is 13.2. The van der Waals surface area contributed by atoms with Crippen LogP contribution in [0.3, 0.4) is 0 Å². The van der Waals surface area contributed by atoms with Gasteiger partial charge >= 0.3 is 6.18 Å². The molecule has 0 aliphatic rings. The fourth-order valence-corrected chi connectivity index (χ4v) is 1.20. The summed E-state index contributed by atoms with van der Waals surface area (Å²) in [6.07, 6.45) is -4.65. The van der Waals surface area contributed by atoms with E-state index in [1.807, 2.05) is 0 Å². The minimum absolute atomic E-state index is 0.00762. The second-order valence-corrected chi connectivity index (χ2v) is 3.36. The maximum absolute atomic E-state index is 13.2. The molecule has 0 fully saturated rings. The lowest BCUT2D eigenvalue weighted by molar-refractivity contribution is -0.137. The minimum atomic E-state index is -4.64. The molecule has 96 valence electrons. The highest BCUT2D eigenvalue weighted by Crippen LogP contribution is 2.30. The predicted octanol–water partition coefficient (Wildman–Crippen LogP) is 2.49. The van der Waals surface area contributed by atoms with Gasteiger partial charge in [-0.2, -0.15) is 18.4 Å². The van der Waals surface area contributed by atoms with E-state index < -0.39 is 29.0 Å². The second-order valence-electron chi connectivity index (χ2n) is 3.36. The number of carbonyl (C=O) groups excluding carboxylic acids is 1. The Balaban J connectivity index is 2.94. The summed E-state index contributed by atoms with van der Waals surface area (Å²) < 4.78 is 50.3. The molecule has 0 saturated heterocycles. The molecule has 0 aliphatic heterocycles. The molecule has 1 N–H and O–H groups in total. The van der Waals surface area contributed by atoms with Gasteiger partial charge in [0.25, 0.3) is 5.91 Å². The van der Waals surface area contributed by atoms with Gasteiger partial charge < -0.3 is 5.32 Å². The number of halogens is 4. The average Bonchev–Trinajstić information content (AvgIpc) is 2.28. The van der Waals surface area contributed by atoms with Crippen LogP contribution in [0.2, 0.25) is 0 Å². The lowest BCUT2D eigenvalue weighted by Crippen LogP contribution is -2.25. The third-order valence-electron chi connectivity index (χ3n) is 2.06. The standard InChI is InChI=1S/C11H8F4N2O/c12-9-3-2-7(11(13,14)15)6-8(9)10(18)17-5-1-4-16/h2-3,6H,1,5H2,(H,17,18). The molecule has 0 heterocycles. The summed E-state index contributed by atoms with van der Waals surface area (Å²) in [6.45, 7) is -0.0506. The SMILES string of the molecule is N#CCCNC(=O)c1cc(C(F)(F)F)ccc1F. The monoisotopic (exact) mass is 260 g/mol. The molecule has 0 aromatic heterocycles. The number of benzene rings is 1. The van der Waals surface area contributed by atoms with Crippen LogP contribution in [0.5, 0.6) is 0 Å². The first-order valence-corrected chi connectivity index (χ1v) is 4.88. The van der Waals surface area contributed by atoms with Crippen molar-refractivity contribution in [3.8, 4) is 6.07 Å². The number of rotatable bonds is 3. The van der Waals surface area contributed by atoms with E-state index in [0.717, 1.165) is 0 Å². The second kappa shape index (κ2) is 5.49. The number of nitrogens with zero attached hydrogens (tertiary/aromatic N) is 1. The third-order valence-corrected chi connectivity index (χ3v) is 2.06. The summed E-state index contributed by atoms with van der Waals surface area (Å²) >= 11 is 0. The molecule has 1 rings (SSSR count). The van der Waals surface area contributed by atoms with E-state index in [2.05, 4.69) is 5.32 Å². The summed E-state index contributed by atoms with van der Waals surface area (Å²) in [5.74, 6) is -2.02. The van der Waals surface area contributed by atoms with E-state index in [4.69, 9.17) is 5.26 Å². The van der Waals surface area contributed by atoms with Crippen molar-refractivity contribution in [1.29, 1.82) is 5.26 Å². The first-order chi connectivity index (χ1) is 8.36. The van der Waals surface area contributed by atoms with Crippen LogP contribution in [-0.4, -0.2) is 12.5 Å². The Morgan fingerprint density at radius 2 is 2.06 bits per heavy atom. The Morgan fingerprint density at radius 1 is 1.39 bits per heavy atom. The summed E-state index contributed by atoms with van der Waals surface area (Å²) in [4.78, 5) is 11.4. The number of hydrogen-bond donors (Lipinski definition) is 1. The number of nitriles is 1. The molecule has 18 heavy (non-hydrogen) atoms. The largest absolute Gasteiger partial charge is 0.416 e. The number of carbonyl (C=O) groups is 1. The molecule has 7 heteroatoms. The smallest absolute Gasteiger partial charge is 0.351 e. The van der Waals surface area contributed by atoms with Gasteiger partial charge in [0, 0.05) is 6.54 Å². The molecular formula is C11H8F4N2O. The zero-order chi connectivity index (χ0) is 13.8. The van der Waals surface area contributed by atoms with Crippen molar-refractivity contribution >= 4 is 5.91 Å². The van der Waals surface area contributed by atoms with Gasteiger partial charge in [-0.25, -0.2) is 4.39 Å². The molecular weight excluding hydrogens is 252 g/mol. The van der Waals surface area contributed by atoms with Gasteiger partial charge in [-0.3, -0.25) is 4.79 Å². The molecule has 1 aromatic rings. The molecule has 3 nitrogen and oxygen atoms in total. The first-order valence-electron chi connectivity index (χ1n) is 4.88. The third kappa shape index (κ3) is 3.45. The van der Waals surface area contributed by atoms with E-state index in [-0.39, 0.29) is 13.0 Å². The van der Waals surface area contributed by atoms with Crippen LogP contribution < -0.4 is 5.32 Å². The van der Waals surface area contributed by atoms with Gasteiger partial charge in [0.15, 0.2) is 0 Å². The van der Waals surface area contributed by atoms with E-state index in [1.165, 1.54) is 0 Å². The Kier molecular flexibility index (Phi) is 4.26. The zero-order valence-corrected chi connectivity index (χ0v) is 9.01. The zero-order valence-electron chi connectivity index (χ0n) is 9.01. The van der Waals surface area contributed by atoms with Gasteiger partial charge in [0.1, 0.15) is 5.82 Å². The van der Waals surface area contributed by atoms with E-state index in [0.29, 0.717) is 18.2 Å². The van der Waals surface area contributed by atoms with Crippen molar-refractivity contribution < 1.29 is 22.4 Å². The molecule has 0 atom stereocenters. The van der Waals surface area contributed by atoms with Crippen LogP contribution in [0, 0.1) is 17.1 Å². The number of hydrogen-bond acceptors (Lipinski definition) is 2. The molecule has 0 aliphatic carbocycles. The topological polar surface area (TPSA) is 52.9 Å². The van der Waals surface area contributed by atoms with Crippen LogP contribution >= 0.6 is 0 Å². The summed E-state index contributed by atoms with van der Waals surface area (Å²) in [5, 5.41) is 10.4. The van der Waals surface area contributed by atoms with Crippen molar-refractivity contribution in [2.45, 2.75) is 12.6 Å². The molecule has 1 amide bonds. The lowest BCUT2D eigenvalue weighted by Gasteiger charge is -2.09. The van der Waals surface area contributed by atoms with Gasteiger partial charge in [-0.1, -0.05) is 0 Å². The van der Waals surface area contributed by atoms with E-state index in [9.17, 15) is 22.4 Å². The predicted molar refractivity (Wildman–Crippen MR) is 54.0 cm³/mol. The van der Waals surface area contributed by atoms with Crippen molar-refractivity contribution in [2.24, 2.45) is 0 Å². The van der Waals surface area contributed by atoms with Crippen LogP contribution in [0.15, 0.2) is 18.2 Å². The Morgan fingerprint density at radius 3 is 2.61 bits per heavy atom. The minimum Gasteiger partial charge on any atom is -0.351 e. The van der Waals surface area contributed by atoms with Crippen LogP contribution in [0.4, 0.5) is 17.6 Å². The fraction of sp³-hybridized carbons (Fsp3) is 0.273. The van der Waals surface area contributed by atoms with E-state index >= 15 is 0 Å². The van der Waals surface area contributed by atoms with Crippen molar-refractivity contribution in [2.75, 3.05) is 6.54 Å². The van der Waals surface area contributed by atoms with Gasteiger partial charge in [0.05, 0.1) is 23.6 Å². The quantitative estimate of drug-likeness (QED) is 0.670. The van der Waals surface area contributed by atoms with Crippen LogP contribution in [0.25, 0.3) is 0 Å². The van der Waals surface area contributed by atoms with Crippen LogP contribution in [0.1, 0.15) is 22.3 Å². The normalized spacial score (nSPS) is 10.8. The fourth-order valence-electron chi connectivity index (χ4n) is 1.20. The summed E-state index contributed by atoms with van der Waals surface area (Å²) in [5.41, 5.74) is -1.79. The highest BCUT2D eigenvalue weighted by atomic mass is 19.4. The number of amides is 1. The highest BCUT2D eigenvalue weighted by Gasteiger charge is 2.31. The number of nitrogens with one attached hydrogen (secondary N) is 1. The Bertz CT molecular complexity index is 491. The maximum Gasteiger partial charge on any atom is 0.416 e. The summed E-state index contributed by atoms with van der Waals surface area (Å²) in [7, 11) is 0. The van der Waals surface area contributed by atoms with Crippen LogP contribution in [-0.2, 0) is 6.18 Å². The van der Waals surface area contributed by atoms with Crippen molar-refractivity contribution in [3.05, 3.63) is 35.1 Å². The van der Waals surface area contributed by atoms with Gasteiger partial charge in [-0.15, -0.1) is 0 Å². The Hall–Kier alpha value is -2.10. The average molecular weight is 260 g/mol. The van der Waals surface area contributed by atoms with Crippen molar-refractivity contribution in [3.63, 3.8) is 0 Å². The van der Waals surface area contributed by atoms with Crippen molar-refractivity contribution in [1.82, 2.24) is 5.32 Å². The van der Waals surface area contributed by atoms with E-state index in [1.54, 1.807) is 6.07 Å². The van der Waals surface area contributed by atoms with Gasteiger partial charge in [0.2, 0.25) is 0 Å². The lowest BCUT2D eigenvalue weighted by atomic mass is 10.1. The number of alkyl halides is 3. The summed E-state index contributed by atoms with van der Waals surface area (Å²) in [6, 6.07) is 3.32.